The highest BCUT2D eigenvalue weighted by molar-refractivity contribution is 5.85. The Hall–Kier alpha value is -2.03. The van der Waals surface area contributed by atoms with Crippen LogP contribution < -0.4 is 22.9 Å². The van der Waals surface area contributed by atoms with Crippen LogP contribution in [0.2, 0.25) is 0 Å². The lowest BCUT2D eigenvalue weighted by Gasteiger charge is -2.07. The van der Waals surface area contributed by atoms with E-state index in [1.54, 1.807) is 36.4 Å². The van der Waals surface area contributed by atoms with Crippen molar-refractivity contribution in [1.82, 2.24) is 0 Å². The monoisotopic (exact) mass is 418 g/mol. The predicted molar refractivity (Wildman–Crippen MR) is 112 cm³/mol. The number of phenols is 2. The first-order valence-electron chi connectivity index (χ1n) is 7.88. The molecule has 0 aliphatic carbocycles. The number of carbonyl (C=O) groups is 1. The Labute approximate surface area is 171 Å². The van der Waals surface area contributed by atoms with Crippen LogP contribution in [0.15, 0.2) is 48.5 Å². The summed E-state index contributed by atoms with van der Waals surface area (Å²) in [7, 11) is 0. The van der Waals surface area contributed by atoms with Crippen molar-refractivity contribution in [3.05, 3.63) is 59.7 Å². The molecule has 152 valence electrons. The Morgan fingerprint density at radius 3 is 1.52 bits per heavy atom. The molecule has 7 nitrogen and oxygen atoms in total. The van der Waals surface area contributed by atoms with Crippen LogP contribution in [0.3, 0.4) is 0 Å². The minimum atomic E-state index is -0.662. The zero-order valence-electron chi connectivity index (χ0n) is 14.8. The van der Waals surface area contributed by atoms with Gasteiger partial charge in [0.25, 0.3) is 0 Å². The molecule has 27 heavy (non-hydrogen) atoms. The van der Waals surface area contributed by atoms with E-state index in [2.05, 4.69) is 0 Å². The van der Waals surface area contributed by atoms with Crippen LogP contribution in [0.1, 0.15) is 11.1 Å². The second kappa shape index (κ2) is 14.1. The predicted octanol–water partition coefficient (Wildman–Crippen LogP) is 0.812. The van der Waals surface area contributed by atoms with Gasteiger partial charge in [0.2, 0.25) is 5.91 Å². The van der Waals surface area contributed by atoms with Gasteiger partial charge in [-0.2, -0.15) is 0 Å². The van der Waals surface area contributed by atoms with Crippen molar-refractivity contribution in [2.75, 3.05) is 6.54 Å². The zero-order valence-corrected chi connectivity index (χ0v) is 16.5. The minimum absolute atomic E-state index is 0. The average Bonchev–Trinajstić information content (AvgIpc) is 2.59. The molecule has 0 aromatic heterocycles. The molecule has 0 aliphatic heterocycles. The van der Waals surface area contributed by atoms with Gasteiger partial charge in [-0.25, -0.2) is 0 Å². The maximum atomic E-state index is 10.6. The van der Waals surface area contributed by atoms with Gasteiger partial charge < -0.3 is 33.1 Å². The van der Waals surface area contributed by atoms with Gasteiger partial charge in [0, 0.05) is 12.6 Å². The molecular formula is C18H28Cl2N4O3. The molecule has 0 radical (unpaired) electrons. The van der Waals surface area contributed by atoms with Crippen LogP contribution >= 0.6 is 24.8 Å². The highest BCUT2D eigenvalue weighted by atomic mass is 35.5. The number of primary amides is 1. The lowest BCUT2D eigenvalue weighted by molar-refractivity contribution is -0.119. The van der Waals surface area contributed by atoms with Gasteiger partial charge in [0.1, 0.15) is 11.5 Å². The summed E-state index contributed by atoms with van der Waals surface area (Å²) in [6.07, 6.45) is 1.16. The summed E-state index contributed by atoms with van der Waals surface area (Å²) in [6, 6.07) is 12.9. The van der Waals surface area contributed by atoms with Crippen molar-refractivity contribution < 1.29 is 15.0 Å². The molecule has 2 atom stereocenters. The molecular weight excluding hydrogens is 391 g/mol. The largest absolute Gasteiger partial charge is 0.508 e. The summed E-state index contributed by atoms with van der Waals surface area (Å²) < 4.78 is 0. The van der Waals surface area contributed by atoms with Gasteiger partial charge in [-0.05, 0) is 48.2 Å². The fourth-order valence-electron chi connectivity index (χ4n) is 2.00. The first-order valence-corrected chi connectivity index (χ1v) is 7.88. The number of hydrogen-bond acceptors (Lipinski definition) is 6. The third-order valence-corrected chi connectivity index (χ3v) is 3.49. The summed E-state index contributed by atoms with van der Waals surface area (Å²) in [5, 5.41) is 18.0. The zero-order chi connectivity index (χ0) is 18.8. The highest BCUT2D eigenvalue weighted by Gasteiger charge is 2.09. The molecule has 9 heteroatoms. The van der Waals surface area contributed by atoms with Crippen LogP contribution in [0.4, 0.5) is 0 Å². The maximum Gasteiger partial charge on any atom is 0.234 e. The summed E-state index contributed by atoms with van der Waals surface area (Å²) in [5.74, 6) is -0.0514. The smallest absolute Gasteiger partial charge is 0.234 e. The van der Waals surface area contributed by atoms with Gasteiger partial charge in [-0.1, -0.05) is 24.3 Å². The van der Waals surface area contributed by atoms with E-state index in [4.69, 9.17) is 33.1 Å². The number of halogens is 2. The highest BCUT2D eigenvalue weighted by Crippen LogP contribution is 2.11. The maximum absolute atomic E-state index is 10.6. The lowest BCUT2D eigenvalue weighted by atomic mass is 10.1. The van der Waals surface area contributed by atoms with Crippen molar-refractivity contribution in [2.24, 2.45) is 22.9 Å². The number of phenolic OH excluding ortho intramolecular Hbond substituents is 2. The van der Waals surface area contributed by atoms with Crippen molar-refractivity contribution in [3.63, 3.8) is 0 Å². The van der Waals surface area contributed by atoms with E-state index in [0.29, 0.717) is 13.0 Å². The Balaban J connectivity index is 0. The first-order chi connectivity index (χ1) is 11.8. The Bertz CT molecular complexity index is 655. The number of aromatic hydroxyl groups is 2. The van der Waals surface area contributed by atoms with Crippen LogP contribution in [-0.2, 0) is 17.6 Å². The molecule has 2 aromatic carbocycles. The van der Waals surface area contributed by atoms with E-state index in [9.17, 15) is 4.79 Å². The summed E-state index contributed by atoms with van der Waals surface area (Å²) in [6.45, 7) is 0.487. The van der Waals surface area contributed by atoms with Crippen LogP contribution in [-0.4, -0.2) is 34.7 Å². The number of carbonyl (C=O) groups excluding carboxylic acids is 1. The van der Waals surface area contributed by atoms with E-state index in [-0.39, 0.29) is 42.4 Å². The number of rotatable bonds is 6. The molecule has 0 saturated heterocycles. The molecule has 0 saturated carbocycles. The van der Waals surface area contributed by atoms with E-state index in [0.717, 1.165) is 17.5 Å². The number of benzene rings is 2. The standard InChI is InChI=1S/C9H12N2O2.C9H14N2O.2ClH/c10-8(9(11)13)5-6-1-3-7(12)4-2-6;10-6-8(11)5-7-1-3-9(12)4-2-7;;/h1-4,8,12H,5,10H2,(H2,11,13);1-4,8,12H,5-6,10-11H2;2*1H/t8-;;;/m0.../s1. The fraction of sp³-hybridized carbons (Fsp3) is 0.278. The molecule has 2 aromatic rings. The molecule has 0 fully saturated rings. The van der Waals surface area contributed by atoms with Crippen LogP contribution in [0, 0.1) is 0 Å². The third kappa shape index (κ3) is 11.3. The van der Waals surface area contributed by atoms with E-state index < -0.39 is 11.9 Å². The van der Waals surface area contributed by atoms with Crippen LogP contribution in [0.5, 0.6) is 11.5 Å². The van der Waals surface area contributed by atoms with Crippen molar-refractivity contribution in [2.45, 2.75) is 24.9 Å². The Morgan fingerprint density at radius 1 is 0.815 bits per heavy atom. The third-order valence-electron chi connectivity index (χ3n) is 3.49. The molecule has 0 aliphatic rings. The summed E-state index contributed by atoms with van der Waals surface area (Å²) >= 11 is 0. The van der Waals surface area contributed by atoms with E-state index in [1.165, 1.54) is 0 Å². The molecule has 2 rings (SSSR count). The number of amides is 1. The second-order valence-electron chi connectivity index (χ2n) is 5.75. The SMILES string of the molecule is Cl.Cl.NC(=O)[C@@H](N)Cc1ccc(O)cc1.NCC(N)Cc1ccc(O)cc1. The topological polar surface area (TPSA) is 162 Å². The van der Waals surface area contributed by atoms with E-state index >= 15 is 0 Å². The Morgan fingerprint density at radius 2 is 1.19 bits per heavy atom. The number of hydrogen-bond donors (Lipinski definition) is 6. The first kappa shape index (κ1) is 27.2. The number of nitrogens with two attached hydrogens (primary N) is 4. The minimum Gasteiger partial charge on any atom is -0.508 e. The van der Waals surface area contributed by atoms with Crippen molar-refractivity contribution in [3.8, 4) is 11.5 Å². The molecule has 1 unspecified atom stereocenters. The van der Waals surface area contributed by atoms with Gasteiger partial charge in [-0.3, -0.25) is 4.79 Å². The normalized spacial score (nSPS) is 11.7. The summed E-state index contributed by atoms with van der Waals surface area (Å²) in [4.78, 5) is 10.6. The quantitative estimate of drug-likeness (QED) is 0.406. The van der Waals surface area contributed by atoms with Gasteiger partial charge in [0.05, 0.1) is 6.04 Å². The average molecular weight is 419 g/mol. The fourth-order valence-corrected chi connectivity index (χ4v) is 2.00. The van der Waals surface area contributed by atoms with Gasteiger partial charge in [-0.15, -0.1) is 24.8 Å². The van der Waals surface area contributed by atoms with Crippen molar-refractivity contribution >= 4 is 30.7 Å². The molecule has 0 heterocycles. The summed E-state index contributed by atoms with van der Waals surface area (Å²) in [5.41, 5.74) is 23.5. The molecule has 1 amide bonds. The Kier molecular flexibility index (Phi) is 14.2. The molecule has 0 bridgehead atoms. The lowest BCUT2D eigenvalue weighted by Crippen LogP contribution is -2.38. The van der Waals surface area contributed by atoms with Gasteiger partial charge >= 0.3 is 0 Å². The van der Waals surface area contributed by atoms with Gasteiger partial charge in [0.15, 0.2) is 0 Å². The van der Waals surface area contributed by atoms with Crippen LogP contribution in [0.25, 0.3) is 0 Å². The van der Waals surface area contributed by atoms with E-state index in [1.807, 2.05) is 12.1 Å². The second-order valence-corrected chi connectivity index (χ2v) is 5.75. The molecule has 10 N–H and O–H groups in total. The molecule has 0 spiro atoms. The van der Waals surface area contributed by atoms with Crippen molar-refractivity contribution in [1.29, 1.82) is 0 Å².